The van der Waals surface area contributed by atoms with Crippen molar-refractivity contribution in [2.75, 3.05) is 5.32 Å². The highest BCUT2D eigenvalue weighted by atomic mass is 127. The number of halogens is 3. The van der Waals surface area contributed by atoms with Gasteiger partial charge in [-0.25, -0.2) is 4.98 Å². The minimum atomic E-state index is 0.312. The van der Waals surface area contributed by atoms with Crippen LogP contribution in [-0.4, -0.2) is 15.6 Å². The van der Waals surface area contributed by atoms with Crippen LogP contribution in [0.1, 0.15) is 44.9 Å². The minimum Gasteiger partial charge on any atom is -0.354 e. The van der Waals surface area contributed by atoms with Gasteiger partial charge in [0, 0.05) is 25.0 Å². The Kier molecular flexibility index (Phi) is 8.09. The normalized spacial score (nSPS) is 15.4. The number of benzene rings is 4. The fraction of sp³-hybridized carbons (Fsp3) is 0.250. The van der Waals surface area contributed by atoms with Crippen molar-refractivity contribution in [3.8, 4) is 17.1 Å². The molecule has 0 atom stereocenters. The van der Waals surface area contributed by atoms with E-state index >= 15 is 0 Å². The molecule has 0 unspecified atom stereocenters. The molecule has 1 N–H and O–H groups in total. The SMILES string of the molecule is Clc1ccc(Nc2cc3nc4cc(I)ccc4n(-c4ccc(Cl)cc4)c-3cc2=NC2CCCCCCC2)cc1. The molecule has 1 heterocycles. The quantitative estimate of drug-likeness (QED) is 0.153. The second-order valence-corrected chi connectivity index (χ2v) is 12.3. The number of hydrogen-bond donors (Lipinski definition) is 1. The first kappa shape index (κ1) is 26.6. The van der Waals surface area contributed by atoms with Crippen LogP contribution in [0.15, 0.2) is 83.9 Å². The second kappa shape index (κ2) is 11.9. The summed E-state index contributed by atoms with van der Waals surface area (Å²) >= 11 is 14.8. The van der Waals surface area contributed by atoms with Crippen LogP contribution in [0.4, 0.5) is 11.4 Å². The number of rotatable bonds is 4. The lowest BCUT2D eigenvalue weighted by Gasteiger charge is -2.21. The lowest BCUT2D eigenvalue weighted by atomic mass is 9.97. The van der Waals surface area contributed by atoms with Gasteiger partial charge >= 0.3 is 0 Å². The fourth-order valence-corrected chi connectivity index (χ4v) is 6.12. The first-order valence-corrected chi connectivity index (χ1v) is 15.4. The smallest absolute Gasteiger partial charge is 0.0900 e. The zero-order chi connectivity index (χ0) is 26.8. The molecule has 3 aromatic rings. The molecule has 3 aliphatic rings. The molecule has 0 radical (unpaired) electrons. The van der Waals surface area contributed by atoms with Crippen LogP contribution in [-0.2, 0) is 0 Å². The fourth-order valence-electron chi connectivity index (χ4n) is 5.39. The molecule has 0 amide bonds. The van der Waals surface area contributed by atoms with Crippen molar-refractivity contribution in [2.45, 2.75) is 51.0 Å². The molecule has 7 heteroatoms. The summed E-state index contributed by atoms with van der Waals surface area (Å²) < 4.78 is 3.41. The van der Waals surface area contributed by atoms with Crippen LogP contribution >= 0.6 is 45.8 Å². The van der Waals surface area contributed by atoms with E-state index in [-0.39, 0.29) is 0 Å². The van der Waals surface area contributed by atoms with Crippen molar-refractivity contribution >= 4 is 68.2 Å². The molecule has 2 aliphatic carbocycles. The number of nitrogens with one attached hydrogen (secondary N) is 1. The monoisotopic (exact) mass is 666 g/mol. The molecule has 39 heavy (non-hydrogen) atoms. The molecule has 3 aromatic carbocycles. The molecule has 0 bridgehead atoms. The van der Waals surface area contributed by atoms with Crippen LogP contribution < -0.4 is 10.7 Å². The van der Waals surface area contributed by atoms with Gasteiger partial charge in [0.1, 0.15) is 0 Å². The van der Waals surface area contributed by atoms with Gasteiger partial charge in [0.05, 0.1) is 39.5 Å². The molecule has 0 spiro atoms. The topological polar surface area (TPSA) is 42.2 Å². The summed E-state index contributed by atoms with van der Waals surface area (Å²) in [6.07, 6.45) is 8.66. The summed E-state index contributed by atoms with van der Waals surface area (Å²) in [6.45, 7) is 0. The summed E-state index contributed by atoms with van der Waals surface area (Å²) in [4.78, 5) is 10.5. The summed E-state index contributed by atoms with van der Waals surface area (Å²) in [6, 6.07) is 26.8. The van der Waals surface area contributed by atoms with Gasteiger partial charge in [-0.15, -0.1) is 0 Å². The Morgan fingerprint density at radius 3 is 2.18 bits per heavy atom. The molecule has 6 rings (SSSR count). The summed E-state index contributed by atoms with van der Waals surface area (Å²) in [5, 5.41) is 6.00. The highest BCUT2D eigenvalue weighted by Crippen LogP contribution is 2.32. The Bertz CT molecular complexity index is 1640. The first-order chi connectivity index (χ1) is 19.0. The summed E-state index contributed by atoms with van der Waals surface area (Å²) in [7, 11) is 0. The molecule has 1 fully saturated rings. The average molecular weight is 667 g/mol. The van der Waals surface area contributed by atoms with E-state index in [1.807, 2.05) is 36.4 Å². The van der Waals surface area contributed by atoms with Gasteiger partial charge in [0.15, 0.2) is 0 Å². The van der Waals surface area contributed by atoms with Crippen LogP contribution in [0, 0.1) is 3.57 Å². The summed E-state index contributed by atoms with van der Waals surface area (Å²) in [5.74, 6) is 0. The number of aromatic nitrogens is 2. The minimum absolute atomic E-state index is 0.312. The Labute approximate surface area is 252 Å². The van der Waals surface area contributed by atoms with Gasteiger partial charge in [-0.2, -0.15) is 0 Å². The first-order valence-electron chi connectivity index (χ1n) is 13.5. The summed E-state index contributed by atoms with van der Waals surface area (Å²) in [5.41, 5.74) is 6.84. The number of nitrogens with zero attached hydrogens (tertiary/aromatic N) is 3. The van der Waals surface area contributed by atoms with Crippen LogP contribution in [0.2, 0.25) is 10.0 Å². The van der Waals surface area contributed by atoms with Crippen molar-refractivity contribution in [1.29, 1.82) is 0 Å². The van der Waals surface area contributed by atoms with Gasteiger partial charge in [0.2, 0.25) is 0 Å². The van der Waals surface area contributed by atoms with Crippen molar-refractivity contribution in [3.63, 3.8) is 0 Å². The van der Waals surface area contributed by atoms with E-state index in [2.05, 4.69) is 74.9 Å². The van der Waals surface area contributed by atoms with E-state index in [0.717, 1.165) is 61.3 Å². The lowest BCUT2D eigenvalue weighted by Crippen LogP contribution is -2.19. The molecule has 0 aromatic heterocycles. The average Bonchev–Trinajstić information content (AvgIpc) is 2.91. The molecule has 1 saturated carbocycles. The predicted octanol–water partition coefficient (Wildman–Crippen LogP) is 9.80. The Hall–Kier alpha value is -2.61. The van der Waals surface area contributed by atoms with E-state index in [1.165, 1.54) is 32.1 Å². The van der Waals surface area contributed by atoms with Crippen molar-refractivity contribution in [1.82, 2.24) is 9.55 Å². The molecular formula is C32H29Cl2IN4. The third-order valence-electron chi connectivity index (χ3n) is 7.36. The van der Waals surface area contributed by atoms with E-state index in [1.54, 1.807) is 0 Å². The third-order valence-corrected chi connectivity index (χ3v) is 8.53. The highest BCUT2D eigenvalue weighted by Gasteiger charge is 2.18. The van der Waals surface area contributed by atoms with Crippen molar-refractivity contribution < 1.29 is 0 Å². The lowest BCUT2D eigenvalue weighted by molar-refractivity contribution is 0.450. The zero-order valence-electron chi connectivity index (χ0n) is 21.5. The molecular weight excluding hydrogens is 638 g/mol. The standard InChI is InChI=1S/C32H29Cl2IN4/c33-21-8-13-25(14-9-21)37-27-19-30-32(20-28(27)36-24-6-4-2-1-3-5-7-24)39(26-15-10-22(34)11-16-26)31-17-12-23(35)18-29(31)38-30/h8-20,24,37H,1-7H2. The predicted molar refractivity (Wildman–Crippen MR) is 172 cm³/mol. The van der Waals surface area contributed by atoms with E-state index in [0.29, 0.717) is 16.1 Å². The van der Waals surface area contributed by atoms with Gasteiger partial charge in [-0.3, -0.25) is 4.99 Å². The highest BCUT2D eigenvalue weighted by molar-refractivity contribution is 14.1. The Morgan fingerprint density at radius 1 is 0.795 bits per heavy atom. The van der Waals surface area contributed by atoms with Crippen LogP contribution in [0.25, 0.3) is 28.1 Å². The van der Waals surface area contributed by atoms with E-state index < -0.39 is 0 Å². The van der Waals surface area contributed by atoms with Gasteiger partial charge in [-0.1, -0.05) is 55.3 Å². The number of hydrogen-bond acceptors (Lipinski definition) is 3. The Morgan fingerprint density at radius 2 is 1.46 bits per heavy atom. The second-order valence-electron chi connectivity index (χ2n) is 10.2. The molecule has 1 aliphatic heterocycles. The molecule has 198 valence electrons. The van der Waals surface area contributed by atoms with Crippen molar-refractivity contribution in [2.24, 2.45) is 4.99 Å². The van der Waals surface area contributed by atoms with Gasteiger partial charge in [-0.05, 0) is 114 Å². The maximum atomic E-state index is 6.27. The maximum absolute atomic E-state index is 6.27. The van der Waals surface area contributed by atoms with Gasteiger partial charge < -0.3 is 9.88 Å². The Balaban J connectivity index is 1.60. The zero-order valence-corrected chi connectivity index (χ0v) is 25.2. The largest absolute Gasteiger partial charge is 0.354 e. The van der Waals surface area contributed by atoms with Crippen LogP contribution in [0.5, 0.6) is 0 Å². The van der Waals surface area contributed by atoms with E-state index in [4.69, 9.17) is 33.2 Å². The van der Waals surface area contributed by atoms with Crippen LogP contribution in [0.3, 0.4) is 0 Å². The van der Waals surface area contributed by atoms with Gasteiger partial charge in [0.25, 0.3) is 0 Å². The maximum Gasteiger partial charge on any atom is 0.0900 e. The molecule has 4 nitrogen and oxygen atoms in total. The van der Waals surface area contributed by atoms with E-state index in [9.17, 15) is 0 Å². The number of fused-ring (bicyclic) bond motifs is 2. The third kappa shape index (κ3) is 6.11. The van der Waals surface area contributed by atoms with Crippen molar-refractivity contribution in [3.05, 3.63) is 97.8 Å². The molecule has 0 saturated heterocycles. The number of anilines is 2.